The molecule has 1 heterocycles. The van der Waals surface area contributed by atoms with Crippen molar-refractivity contribution >= 4 is 6.08 Å². The van der Waals surface area contributed by atoms with Crippen LogP contribution in [0.25, 0.3) is 40.0 Å². The van der Waals surface area contributed by atoms with Crippen LogP contribution in [0.3, 0.4) is 0 Å². The lowest BCUT2D eigenvalue weighted by Crippen LogP contribution is -1.95. The zero-order valence-corrected chi connectivity index (χ0v) is 14.3. The molecule has 0 unspecified atom stereocenters. The summed E-state index contributed by atoms with van der Waals surface area (Å²) in [5, 5.41) is 0. The Labute approximate surface area is 153 Å². The van der Waals surface area contributed by atoms with Crippen LogP contribution in [0.15, 0.2) is 97.6 Å². The highest BCUT2D eigenvalue weighted by Crippen LogP contribution is 2.27. The van der Waals surface area contributed by atoms with E-state index in [0.29, 0.717) is 0 Å². The quantitative estimate of drug-likeness (QED) is 0.449. The minimum Gasteiger partial charge on any atom is -0.228 e. The van der Waals surface area contributed by atoms with Crippen LogP contribution in [-0.2, 0) is 0 Å². The molecule has 2 heteroatoms. The van der Waals surface area contributed by atoms with Crippen molar-refractivity contribution in [2.45, 2.75) is 0 Å². The van der Waals surface area contributed by atoms with Crippen LogP contribution >= 0.6 is 0 Å². The monoisotopic (exact) mass is 334 g/mol. The number of hydrogen-bond donors (Lipinski definition) is 0. The van der Waals surface area contributed by atoms with Gasteiger partial charge in [-0.25, -0.2) is 9.97 Å². The molecule has 4 rings (SSSR count). The van der Waals surface area contributed by atoms with E-state index in [1.165, 1.54) is 0 Å². The lowest BCUT2D eigenvalue weighted by molar-refractivity contribution is 1.18. The van der Waals surface area contributed by atoms with Crippen LogP contribution < -0.4 is 0 Å². The molecule has 0 spiro atoms. The first-order chi connectivity index (χ1) is 12.8. The van der Waals surface area contributed by atoms with E-state index in [4.69, 9.17) is 9.97 Å². The van der Waals surface area contributed by atoms with Crippen molar-refractivity contribution in [2.75, 3.05) is 0 Å². The number of hydrogen-bond acceptors (Lipinski definition) is 2. The molecule has 4 aromatic rings. The molecule has 0 aliphatic carbocycles. The second kappa shape index (κ2) is 7.16. The van der Waals surface area contributed by atoms with Gasteiger partial charge in [-0.3, -0.25) is 0 Å². The molecule has 0 aliphatic rings. The molecule has 2 nitrogen and oxygen atoms in total. The number of benzene rings is 3. The van der Waals surface area contributed by atoms with Gasteiger partial charge in [-0.05, 0) is 17.7 Å². The Hall–Kier alpha value is -3.52. The van der Waals surface area contributed by atoms with Gasteiger partial charge in [-0.2, -0.15) is 0 Å². The molecule has 0 saturated carbocycles. The molecule has 26 heavy (non-hydrogen) atoms. The van der Waals surface area contributed by atoms with Gasteiger partial charge in [0.05, 0.1) is 11.4 Å². The fourth-order valence-electron chi connectivity index (χ4n) is 2.89. The summed E-state index contributed by atoms with van der Waals surface area (Å²) in [5.74, 6) is 0.728. The highest BCUT2D eigenvalue weighted by molar-refractivity contribution is 5.72. The fraction of sp³-hybridized carbons (Fsp3) is 0. The predicted molar refractivity (Wildman–Crippen MR) is 108 cm³/mol. The van der Waals surface area contributed by atoms with Crippen molar-refractivity contribution in [1.82, 2.24) is 9.97 Å². The third-order valence-corrected chi connectivity index (χ3v) is 4.25. The van der Waals surface area contributed by atoms with Gasteiger partial charge in [0.15, 0.2) is 5.82 Å². The molecule has 0 N–H and O–H groups in total. The minimum atomic E-state index is 0.728. The first-order valence-corrected chi connectivity index (χ1v) is 8.56. The highest BCUT2D eigenvalue weighted by atomic mass is 14.9. The largest absolute Gasteiger partial charge is 0.228 e. The fourth-order valence-corrected chi connectivity index (χ4v) is 2.89. The van der Waals surface area contributed by atoms with Crippen molar-refractivity contribution in [2.24, 2.45) is 0 Å². The summed E-state index contributed by atoms with van der Waals surface area (Å²) < 4.78 is 0. The van der Waals surface area contributed by atoms with Crippen LogP contribution in [0.5, 0.6) is 0 Å². The van der Waals surface area contributed by atoms with E-state index >= 15 is 0 Å². The van der Waals surface area contributed by atoms with E-state index in [2.05, 4.69) is 30.8 Å². The van der Waals surface area contributed by atoms with Gasteiger partial charge in [0, 0.05) is 16.7 Å². The number of nitrogens with zero attached hydrogens (tertiary/aromatic N) is 2. The van der Waals surface area contributed by atoms with Crippen molar-refractivity contribution in [3.63, 3.8) is 0 Å². The molecule has 124 valence electrons. The Morgan fingerprint density at radius 2 is 1.15 bits per heavy atom. The maximum absolute atomic E-state index is 4.83. The molecular weight excluding hydrogens is 316 g/mol. The van der Waals surface area contributed by atoms with Gasteiger partial charge in [-0.15, -0.1) is 0 Å². The Morgan fingerprint density at radius 3 is 1.81 bits per heavy atom. The van der Waals surface area contributed by atoms with E-state index < -0.39 is 0 Å². The van der Waals surface area contributed by atoms with Gasteiger partial charge in [0.25, 0.3) is 0 Å². The molecule has 0 fully saturated rings. The molecular formula is C24H18N2. The molecule has 1 aromatic heterocycles. The summed E-state index contributed by atoms with van der Waals surface area (Å²) in [6.45, 7) is 3.86. The molecule has 0 amide bonds. The Morgan fingerprint density at radius 1 is 0.577 bits per heavy atom. The van der Waals surface area contributed by atoms with Crippen molar-refractivity contribution in [3.05, 3.63) is 103 Å². The first-order valence-electron chi connectivity index (χ1n) is 8.56. The summed E-state index contributed by atoms with van der Waals surface area (Å²) in [6, 6.07) is 30.6. The normalized spacial score (nSPS) is 10.5. The average Bonchev–Trinajstić information content (AvgIpc) is 2.75. The minimum absolute atomic E-state index is 0.728. The average molecular weight is 334 g/mol. The van der Waals surface area contributed by atoms with E-state index in [1.54, 1.807) is 0 Å². The van der Waals surface area contributed by atoms with Crippen molar-refractivity contribution < 1.29 is 0 Å². The van der Waals surface area contributed by atoms with Crippen LogP contribution in [0.2, 0.25) is 0 Å². The van der Waals surface area contributed by atoms with E-state index in [1.807, 2.05) is 72.8 Å². The van der Waals surface area contributed by atoms with Gasteiger partial charge in [0.2, 0.25) is 0 Å². The Balaban J connectivity index is 1.92. The maximum Gasteiger partial charge on any atom is 0.160 e. The standard InChI is InChI=1S/C24H18N2/c1-2-18-10-9-15-21(16-18)23-17-22(19-11-5-3-6-12-19)25-24(26-23)20-13-7-4-8-14-20/h2-17H,1H2. The van der Waals surface area contributed by atoms with Crippen molar-refractivity contribution in [3.8, 4) is 33.9 Å². The molecule has 3 aromatic carbocycles. The van der Waals surface area contributed by atoms with Gasteiger partial charge in [0.1, 0.15) is 0 Å². The molecule has 0 aliphatic heterocycles. The summed E-state index contributed by atoms with van der Waals surface area (Å²) in [7, 11) is 0. The third-order valence-electron chi connectivity index (χ3n) is 4.25. The highest BCUT2D eigenvalue weighted by Gasteiger charge is 2.10. The molecule has 0 saturated heterocycles. The van der Waals surface area contributed by atoms with Crippen LogP contribution in [0, 0.1) is 0 Å². The first kappa shape index (κ1) is 16.0. The maximum atomic E-state index is 4.83. The van der Waals surface area contributed by atoms with Gasteiger partial charge < -0.3 is 0 Å². The van der Waals surface area contributed by atoms with Crippen LogP contribution in [0.4, 0.5) is 0 Å². The summed E-state index contributed by atoms with van der Waals surface area (Å²) in [5.41, 5.74) is 6.03. The Kier molecular flexibility index (Phi) is 4.40. The molecule has 0 radical (unpaired) electrons. The van der Waals surface area contributed by atoms with E-state index in [-0.39, 0.29) is 0 Å². The molecule has 0 atom stereocenters. The zero-order valence-electron chi connectivity index (χ0n) is 14.3. The number of rotatable bonds is 4. The van der Waals surface area contributed by atoms with Gasteiger partial charge in [-0.1, -0.05) is 91.5 Å². The topological polar surface area (TPSA) is 25.8 Å². The van der Waals surface area contributed by atoms with E-state index in [9.17, 15) is 0 Å². The smallest absolute Gasteiger partial charge is 0.160 e. The molecule has 0 bridgehead atoms. The van der Waals surface area contributed by atoms with E-state index in [0.717, 1.165) is 39.5 Å². The SMILES string of the molecule is C=Cc1cccc(-c2cc(-c3ccccc3)nc(-c3ccccc3)n2)c1. The summed E-state index contributed by atoms with van der Waals surface area (Å²) in [6.07, 6.45) is 1.85. The predicted octanol–water partition coefficient (Wildman–Crippen LogP) is 6.12. The van der Waals surface area contributed by atoms with Crippen molar-refractivity contribution in [1.29, 1.82) is 0 Å². The second-order valence-corrected chi connectivity index (χ2v) is 6.02. The van der Waals surface area contributed by atoms with Crippen LogP contribution in [-0.4, -0.2) is 9.97 Å². The Bertz CT molecular complexity index is 980. The zero-order chi connectivity index (χ0) is 17.8. The second-order valence-electron chi connectivity index (χ2n) is 6.02. The summed E-state index contributed by atoms with van der Waals surface area (Å²) >= 11 is 0. The van der Waals surface area contributed by atoms with Gasteiger partial charge >= 0.3 is 0 Å². The number of aromatic nitrogens is 2. The van der Waals surface area contributed by atoms with Crippen LogP contribution in [0.1, 0.15) is 5.56 Å². The summed E-state index contributed by atoms with van der Waals surface area (Å²) in [4.78, 5) is 9.64. The third kappa shape index (κ3) is 3.31. The lowest BCUT2D eigenvalue weighted by atomic mass is 10.0. The lowest BCUT2D eigenvalue weighted by Gasteiger charge is -2.09.